The second-order valence-electron chi connectivity index (χ2n) is 17.0. The second-order valence-corrected chi connectivity index (χ2v) is 19.1. The first-order chi connectivity index (χ1) is 33.7. The summed E-state index contributed by atoms with van der Waals surface area (Å²) in [5, 5.41) is 4.77. The summed E-state index contributed by atoms with van der Waals surface area (Å²) >= 11 is 3.71. The normalized spacial score (nSPS) is 11.5. The molecule has 9 aromatic carbocycles. The Bertz CT molecular complexity index is 3600. The molecule has 4 aromatic heterocycles. The van der Waals surface area contributed by atoms with Gasteiger partial charge in [-0.1, -0.05) is 158 Å². The van der Waals surface area contributed by atoms with Crippen molar-refractivity contribution in [3.8, 4) is 33.6 Å². The van der Waals surface area contributed by atoms with Gasteiger partial charge in [-0.2, -0.15) is 0 Å². The molecule has 13 aromatic rings. The van der Waals surface area contributed by atoms with E-state index in [1.54, 1.807) is 0 Å². The first kappa shape index (κ1) is 39.9. The molecule has 0 atom stereocenters. The Morgan fingerprint density at radius 3 is 0.912 bits per heavy atom. The number of hydrogen-bond donors (Lipinski definition) is 0. The van der Waals surface area contributed by atoms with Gasteiger partial charge >= 0.3 is 0 Å². The van der Waals surface area contributed by atoms with Crippen LogP contribution in [0.25, 0.3) is 75.9 Å². The number of benzene rings is 9. The third-order valence-electron chi connectivity index (χ3n) is 12.9. The molecule has 0 radical (unpaired) electrons. The fourth-order valence-corrected chi connectivity index (χ4v) is 12.2. The topological polar surface area (TPSA) is 16.3 Å². The van der Waals surface area contributed by atoms with Gasteiger partial charge in [0.1, 0.15) is 10.0 Å². The Hall–Kier alpha value is -8.42. The number of fused-ring (bicyclic) bond motifs is 6. The summed E-state index contributed by atoms with van der Waals surface area (Å²) in [7, 11) is 0. The van der Waals surface area contributed by atoms with Crippen LogP contribution in [0, 0.1) is 0 Å². The van der Waals surface area contributed by atoms with E-state index < -0.39 is 0 Å². The SMILES string of the molecule is c1ccc(-c2ccc(N(c3ccccc3)c3cc4c(s3)c3cc5c(cc3n4-c3ccccc3)c3sc(N(c4ccccc4)c4ccc(-c6ccccc6)cc4)cc3n5-c3ccccc3)cc2)cc1. The molecular weight excluding hydrogens is 865 g/mol. The molecule has 0 saturated heterocycles. The molecule has 4 heterocycles. The highest BCUT2D eigenvalue weighted by Gasteiger charge is 2.25. The zero-order valence-electron chi connectivity index (χ0n) is 36.9. The zero-order valence-corrected chi connectivity index (χ0v) is 38.5. The van der Waals surface area contributed by atoms with E-state index in [1.165, 1.54) is 64.5 Å². The van der Waals surface area contributed by atoms with Crippen molar-refractivity contribution in [2.24, 2.45) is 0 Å². The van der Waals surface area contributed by atoms with Gasteiger partial charge in [0.15, 0.2) is 0 Å². The van der Waals surface area contributed by atoms with Crippen LogP contribution in [0.1, 0.15) is 0 Å². The highest BCUT2D eigenvalue weighted by molar-refractivity contribution is 7.24. The number of para-hydroxylation sites is 4. The maximum Gasteiger partial charge on any atom is 0.103 e. The van der Waals surface area contributed by atoms with Crippen molar-refractivity contribution in [1.29, 1.82) is 0 Å². The van der Waals surface area contributed by atoms with Crippen LogP contribution < -0.4 is 9.80 Å². The van der Waals surface area contributed by atoms with Gasteiger partial charge in [0.05, 0.1) is 31.5 Å². The van der Waals surface area contributed by atoms with Gasteiger partial charge in [-0.3, -0.25) is 0 Å². The molecule has 0 N–H and O–H groups in total. The van der Waals surface area contributed by atoms with Gasteiger partial charge in [0.2, 0.25) is 0 Å². The van der Waals surface area contributed by atoms with Crippen LogP contribution in [0.15, 0.2) is 255 Å². The van der Waals surface area contributed by atoms with E-state index in [0.717, 1.165) is 44.1 Å². The smallest absolute Gasteiger partial charge is 0.103 e. The molecule has 13 rings (SSSR count). The summed E-state index contributed by atoms with van der Waals surface area (Å²) in [5.74, 6) is 0. The van der Waals surface area contributed by atoms with E-state index in [-0.39, 0.29) is 0 Å². The number of anilines is 6. The fraction of sp³-hybridized carbons (Fsp3) is 0. The summed E-state index contributed by atoms with van der Waals surface area (Å²) in [6.45, 7) is 0. The Labute approximate surface area is 402 Å². The van der Waals surface area contributed by atoms with Crippen molar-refractivity contribution < 1.29 is 0 Å². The lowest BCUT2D eigenvalue weighted by Gasteiger charge is -2.24. The van der Waals surface area contributed by atoms with E-state index in [4.69, 9.17) is 0 Å². The summed E-state index contributed by atoms with van der Waals surface area (Å²) in [6.07, 6.45) is 0. The maximum atomic E-state index is 2.47. The molecule has 322 valence electrons. The number of thiophene rings is 2. The van der Waals surface area contributed by atoms with Crippen LogP contribution in [0.4, 0.5) is 32.8 Å². The lowest BCUT2D eigenvalue weighted by atomic mass is 10.1. The molecule has 0 bridgehead atoms. The summed E-state index contributed by atoms with van der Waals surface area (Å²) < 4.78 is 7.44. The molecule has 0 amide bonds. The van der Waals surface area contributed by atoms with E-state index in [0.29, 0.717) is 0 Å². The van der Waals surface area contributed by atoms with Crippen molar-refractivity contribution in [2.75, 3.05) is 9.80 Å². The highest BCUT2D eigenvalue weighted by atomic mass is 32.1. The molecule has 0 aliphatic heterocycles. The average molecular weight is 907 g/mol. The van der Waals surface area contributed by atoms with E-state index in [9.17, 15) is 0 Å². The Morgan fingerprint density at radius 2 is 0.559 bits per heavy atom. The van der Waals surface area contributed by atoms with Gasteiger partial charge < -0.3 is 18.9 Å². The quantitative estimate of drug-likeness (QED) is 0.136. The van der Waals surface area contributed by atoms with Gasteiger partial charge in [0.25, 0.3) is 0 Å². The van der Waals surface area contributed by atoms with Gasteiger partial charge in [-0.15, -0.1) is 22.7 Å². The lowest BCUT2D eigenvalue weighted by molar-refractivity contribution is 1.17. The van der Waals surface area contributed by atoms with Crippen molar-refractivity contribution >= 4 is 97.7 Å². The fourth-order valence-electron chi connectivity index (χ4n) is 9.79. The van der Waals surface area contributed by atoms with Crippen molar-refractivity contribution in [2.45, 2.75) is 0 Å². The summed E-state index contributed by atoms with van der Waals surface area (Å²) in [5.41, 5.74) is 16.3. The number of nitrogens with zero attached hydrogens (tertiary/aromatic N) is 4. The molecule has 6 heteroatoms. The van der Waals surface area contributed by atoms with E-state index in [1.807, 2.05) is 22.7 Å². The van der Waals surface area contributed by atoms with Gasteiger partial charge in [-0.25, -0.2) is 0 Å². The molecule has 0 fully saturated rings. The molecule has 0 unspecified atom stereocenters. The number of rotatable bonds is 10. The lowest BCUT2D eigenvalue weighted by Crippen LogP contribution is -2.08. The molecule has 0 aliphatic carbocycles. The Kier molecular flexibility index (Phi) is 9.85. The van der Waals surface area contributed by atoms with E-state index >= 15 is 0 Å². The Balaban J connectivity index is 1.02. The summed E-state index contributed by atoms with van der Waals surface area (Å²) in [4.78, 5) is 4.80. The molecule has 0 spiro atoms. The molecule has 0 aliphatic rings. The minimum Gasteiger partial charge on any atom is -0.308 e. The first-order valence-electron chi connectivity index (χ1n) is 22.9. The van der Waals surface area contributed by atoms with Crippen LogP contribution in [0.2, 0.25) is 0 Å². The molecule has 0 saturated carbocycles. The monoisotopic (exact) mass is 906 g/mol. The Morgan fingerprint density at radius 1 is 0.265 bits per heavy atom. The highest BCUT2D eigenvalue weighted by Crippen LogP contribution is 2.50. The van der Waals surface area contributed by atoms with Crippen molar-refractivity contribution in [1.82, 2.24) is 9.13 Å². The van der Waals surface area contributed by atoms with Crippen molar-refractivity contribution in [3.05, 3.63) is 255 Å². The van der Waals surface area contributed by atoms with Crippen LogP contribution in [-0.2, 0) is 0 Å². The minimum atomic E-state index is 1.11. The van der Waals surface area contributed by atoms with Crippen molar-refractivity contribution in [3.63, 3.8) is 0 Å². The number of hydrogen-bond acceptors (Lipinski definition) is 4. The van der Waals surface area contributed by atoms with Gasteiger partial charge in [0, 0.05) is 44.9 Å². The maximum absolute atomic E-state index is 2.47. The van der Waals surface area contributed by atoms with E-state index in [2.05, 4.69) is 274 Å². The van der Waals surface area contributed by atoms with Crippen LogP contribution in [-0.4, -0.2) is 9.13 Å². The molecule has 68 heavy (non-hydrogen) atoms. The second kappa shape index (κ2) is 16.8. The largest absolute Gasteiger partial charge is 0.308 e. The number of aromatic nitrogens is 2. The third kappa shape index (κ3) is 6.89. The molecular formula is C62H42N4S2. The standard InChI is InChI=1S/C62H42N4S2/c1-7-19-43(20-8-1)45-31-35-51(36-32-45)63(47-23-11-3-12-24-47)59-41-57-61(67-59)53-39-56-54(40-55(53)65(57)49-27-15-5-16-28-49)62-58(66(56)50-29-17-6-18-30-50)42-60(68-62)64(48-25-13-4-14-26-48)52-37-33-46(34-38-52)44-21-9-2-10-22-44/h1-42H. The minimum absolute atomic E-state index is 1.11. The van der Waals surface area contributed by atoms with Gasteiger partial charge in [-0.05, 0) is 119 Å². The summed E-state index contributed by atoms with van der Waals surface area (Å²) in [6, 6.07) is 92.0. The van der Waals surface area contributed by atoms with Crippen LogP contribution >= 0.6 is 22.7 Å². The zero-order chi connectivity index (χ0) is 45.0. The van der Waals surface area contributed by atoms with Crippen LogP contribution in [0.5, 0.6) is 0 Å². The van der Waals surface area contributed by atoms with Crippen LogP contribution in [0.3, 0.4) is 0 Å². The first-order valence-corrected chi connectivity index (χ1v) is 24.5. The predicted molar refractivity (Wildman–Crippen MR) is 291 cm³/mol. The third-order valence-corrected chi connectivity index (χ3v) is 15.2. The average Bonchev–Trinajstić information content (AvgIpc) is 4.17. The predicted octanol–water partition coefficient (Wildman–Crippen LogP) is 18.3. The molecule has 4 nitrogen and oxygen atoms in total.